The van der Waals surface area contributed by atoms with Gasteiger partial charge in [-0.2, -0.15) is 5.10 Å². The zero-order chi connectivity index (χ0) is 21.8. The topological polar surface area (TPSA) is 55.2 Å². The van der Waals surface area contributed by atoms with Crippen LogP contribution in [0.25, 0.3) is 10.8 Å². The molecule has 0 N–H and O–H groups in total. The summed E-state index contributed by atoms with van der Waals surface area (Å²) in [5.41, 5.74) is 1.98. The zero-order valence-corrected chi connectivity index (χ0v) is 18.6. The molecule has 0 aliphatic carbocycles. The third-order valence-corrected chi connectivity index (χ3v) is 6.34. The molecule has 31 heavy (non-hydrogen) atoms. The first-order chi connectivity index (χ1) is 15.0. The summed E-state index contributed by atoms with van der Waals surface area (Å²) in [5, 5.41) is 7.14. The molecule has 162 valence electrons. The van der Waals surface area contributed by atoms with Crippen molar-refractivity contribution >= 4 is 28.2 Å². The van der Waals surface area contributed by atoms with Crippen LogP contribution < -0.4 is 5.56 Å². The molecule has 1 atom stereocenters. The van der Waals surface area contributed by atoms with Crippen molar-refractivity contribution in [1.29, 1.82) is 0 Å². The Balaban J connectivity index is 1.61. The number of likely N-dealkylation sites (tertiary alicyclic amines) is 1. The van der Waals surface area contributed by atoms with Gasteiger partial charge in [-0.3, -0.25) is 9.69 Å². The molecule has 1 aliphatic rings. The third-order valence-electron chi connectivity index (χ3n) is 6.09. The Morgan fingerprint density at radius 3 is 2.61 bits per heavy atom. The average molecular weight is 438 g/mol. The van der Waals surface area contributed by atoms with Gasteiger partial charge in [0.1, 0.15) is 5.78 Å². The van der Waals surface area contributed by atoms with Gasteiger partial charge in [0.15, 0.2) is 0 Å². The molecule has 2 heterocycles. The van der Waals surface area contributed by atoms with E-state index in [2.05, 4.69) is 4.90 Å². The maximum atomic E-state index is 13.2. The molecule has 1 aromatic heterocycles. The third kappa shape index (κ3) is 5.23. The highest BCUT2D eigenvalue weighted by atomic mass is 35.5. The fourth-order valence-corrected chi connectivity index (χ4v) is 4.61. The second-order valence-electron chi connectivity index (χ2n) is 8.42. The number of benzene rings is 2. The number of halogens is 1. The monoisotopic (exact) mass is 437 g/mol. The largest absolute Gasteiger partial charge is 0.300 e. The van der Waals surface area contributed by atoms with Crippen molar-refractivity contribution in [1.82, 2.24) is 14.7 Å². The van der Waals surface area contributed by atoms with Gasteiger partial charge in [-0.05, 0) is 63.0 Å². The highest BCUT2D eigenvalue weighted by molar-refractivity contribution is 6.30. The SMILES string of the molecule is CC(=O)CCCN1CCC[C@@H]1Cn1nc(Cc2ccc(Cl)cc2)c2ccccc2c1=O. The second-order valence-corrected chi connectivity index (χ2v) is 8.86. The van der Waals surface area contributed by atoms with E-state index in [1.807, 2.05) is 48.5 Å². The number of fused-ring (bicyclic) bond motifs is 1. The molecule has 4 rings (SSSR count). The molecular formula is C25H28ClN3O2. The van der Waals surface area contributed by atoms with Crippen LogP contribution >= 0.6 is 11.6 Å². The molecule has 2 aromatic carbocycles. The minimum atomic E-state index is -0.0361. The molecule has 6 heteroatoms. The van der Waals surface area contributed by atoms with Crippen LogP contribution in [0.5, 0.6) is 0 Å². The normalized spacial score (nSPS) is 16.8. The van der Waals surface area contributed by atoms with Crippen LogP contribution in [0.4, 0.5) is 0 Å². The number of ketones is 1. The van der Waals surface area contributed by atoms with Crippen molar-refractivity contribution in [3.05, 3.63) is 75.2 Å². The first kappa shape index (κ1) is 21.7. The Kier molecular flexibility index (Phi) is 6.83. The predicted octanol–water partition coefficient (Wildman–Crippen LogP) is 4.47. The summed E-state index contributed by atoms with van der Waals surface area (Å²) in [6.07, 6.45) is 4.29. The van der Waals surface area contributed by atoms with Crippen LogP contribution in [0.15, 0.2) is 53.3 Å². The fraction of sp³-hybridized carbons (Fsp3) is 0.400. The van der Waals surface area contributed by atoms with Crippen LogP contribution in [0, 0.1) is 0 Å². The molecular weight excluding hydrogens is 410 g/mol. The summed E-state index contributed by atoms with van der Waals surface area (Å²) >= 11 is 6.03. The minimum absolute atomic E-state index is 0.0361. The lowest BCUT2D eigenvalue weighted by molar-refractivity contribution is -0.117. The maximum Gasteiger partial charge on any atom is 0.274 e. The van der Waals surface area contributed by atoms with E-state index in [9.17, 15) is 9.59 Å². The lowest BCUT2D eigenvalue weighted by Gasteiger charge is -2.25. The zero-order valence-electron chi connectivity index (χ0n) is 17.9. The summed E-state index contributed by atoms with van der Waals surface area (Å²) in [4.78, 5) is 26.9. The molecule has 5 nitrogen and oxygen atoms in total. The van der Waals surface area contributed by atoms with Crippen molar-refractivity contribution in [3.63, 3.8) is 0 Å². The number of aromatic nitrogens is 2. The van der Waals surface area contributed by atoms with Gasteiger partial charge in [0.2, 0.25) is 0 Å². The van der Waals surface area contributed by atoms with Gasteiger partial charge in [-0.1, -0.05) is 41.9 Å². The minimum Gasteiger partial charge on any atom is -0.300 e. The van der Waals surface area contributed by atoms with Crippen LogP contribution in [0.2, 0.25) is 5.02 Å². The van der Waals surface area contributed by atoms with E-state index in [1.165, 1.54) is 0 Å². The Labute approximate surface area is 187 Å². The van der Waals surface area contributed by atoms with Crippen LogP contribution in [-0.2, 0) is 17.8 Å². The van der Waals surface area contributed by atoms with Gasteiger partial charge < -0.3 is 4.79 Å². The average Bonchev–Trinajstić information content (AvgIpc) is 3.19. The van der Waals surface area contributed by atoms with Gasteiger partial charge in [0, 0.05) is 29.3 Å². The number of carbonyl (C=O) groups is 1. The number of Topliss-reactive ketones (excluding diaryl/α,β-unsaturated/α-hetero) is 1. The van der Waals surface area contributed by atoms with E-state index in [0.717, 1.165) is 49.0 Å². The van der Waals surface area contributed by atoms with E-state index in [0.29, 0.717) is 29.8 Å². The number of carbonyl (C=O) groups excluding carboxylic acids is 1. The van der Waals surface area contributed by atoms with E-state index < -0.39 is 0 Å². The van der Waals surface area contributed by atoms with Crippen LogP contribution in [0.3, 0.4) is 0 Å². The standard InChI is InChI=1S/C25H28ClN3O2/c1-18(30)6-4-14-28-15-5-7-21(28)17-29-25(31)23-9-3-2-8-22(23)24(27-29)16-19-10-12-20(26)13-11-19/h2-3,8-13,21H,4-7,14-17H2,1H3/t21-/m1/s1. The quantitative estimate of drug-likeness (QED) is 0.521. The fourth-order valence-electron chi connectivity index (χ4n) is 4.48. The molecule has 0 unspecified atom stereocenters. The van der Waals surface area contributed by atoms with Gasteiger partial charge in [-0.15, -0.1) is 0 Å². The summed E-state index contributed by atoms with van der Waals surface area (Å²) in [7, 11) is 0. The van der Waals surface area contributed by atoms with E-state index in [-0.39, 0.29) is 17.4 Å². The number of rotatable bonds is 8. The lowest BCUT2D eigenvalue weighted by atomic mass is 10.0. The van der Waals surface area contributed by atoms with Crippen molar-refractivity contribution < 1.29 is 4.79 Å². The van der Waals surface area contributed by atoms with Gasteiger partial charge in [0.25, 0.3) is 5.56 Å². The first-order valence-corrected chi connectivity index (χ1v) is 11.4. The van der Waals surface area contributed by atoms with Gasteiger partial charge in [-0.25, -0.2) is 4.68 Å². The van der Waals surface area contributed by atoms with Gasteiger partial charge in [0.05, 0.1) is 17.6 Å². The van der Waals surface area contributed by atoms with Crippen molar-refractivity contribution in [2.45, 2.75) is 51.6 Å². The molecule has 0 spiro atoms. The smallest absolute Gasteiger partial charge is 0.274 e. The Morgan fingerprint density at radius 1 is 1.13 bits per heavy atom. The molecule has 0 amide bonds. The summed E-state index contributed by atoms with van der Waals surface area (Å²) < 4.78 is 1.65. The van der Waals surface area contributed by atoms with Crippen molar-refractivity contribution in [3.8, 4) is 0 Å². The molecule has 1 fully saturated rings. The number of nitrogens with zero attached hydrogens (tertiary/aromatic N) is 3. The maximum absolute atomic E-state index is 13.2. The van der Waals surface area contributed by atoms with Crippen LogP contribution in [-0.4, -0.2) is 39.6 Å². The summed E-state index contributed by atoms with van der Waals surface area (Å²) in [6, 6.07) is 15.8. The molecule has 0 radical (unpaired) electrons. The highest BCUT2D eigenvalue weighted by Gasteiger charge is 2.25. The Bertz CT molecular complexity index is 1120. The van der Waals surface area contributed by atoms with Crippen LogP contribution in [0.1, 0.15) is 43.9 Å². The highest BCUT2D eigenvalue weighted by Crippen LogP contribution is 2.21. The number of hydrogen-bond acceptors (Lipinski definition) is 4. The molecule has 0 bridgehead atoms. The summed E-state index contributed by atoms with van der Waals surface area (Å²) in [6.45, 7) is 4.13. The molecule has 3 aromatic rings. The van der Waals surface area contributed by atoms with Crippen molar-refractivity contribution in [2.75, 3.05) is 13.1 Å². The predicted molar refractivity (Wildman–Crippen MR) is 125 cm³/mol. The number of hydrogen-bond donors (Lipinski definition) is 0. The van der Waals surface area contributed by atoms with E-state index in [1.54, 1.807) is 11.6 Å². The Hall–Kier alpha value is -2.50. The van der Waals surface area contributed by atoms with Crippen molar-refractivity contribution in [2.24, 2.45) is 0 Å². The molecule has 0 saturated carbocycles. The lowest BCUT2D eigenvalue weighted by Crippen LogP contribution is -2.38. The second kappa shape index (κ2) is 9.75. The Morgan fingerprint density at radius 2 is 1.87 bits per heavy atom. The van der Waals surface area contributed by atoms with E-state index >= 15 is 0 Å². The van der Waals surface area contributed by atoms with Gasteiger partial charge >= 0.3 is 0 Å². The molecule has 1 aliphatic heterocycles. The summed E-state index contributed by atoms with van der Waals surface area (Å²) in [5.74, 6) is 0.231. The molecule has 1 saturated heterocycles. The first-order valence-electron chi connectivity index (χ1n) is 11.0. The van der Waals surface area contributed by atoms with E-state index in [4.69, 9.17) is 16.7 Å².